The van der Waals surface area contributed by atoms with E-state index in [0.717, 1.165) is 25.7 Å². The van der Waals surface area contributed by atoms with Gasteiger partial charge in [0.25, 0.3) is 0 Å². The fourth-order valence-electron chi connectivity index (χ4n) is 4.34. The van der Waals surface area contributed by atoms with Crippen LogP contribution in [0.25, 0.3) is 10.9 Å². The van der Waals surface area contributed by atoms with Gasteiger partial charge in [-0.05, 0) is 70.9 Å². The standard InChI is InChI=1S/C25H31N/c1-16(2)23-15-21-18-10-12-19-8-6-17(14-22(19)25(3,4)5)7-9-20(13-11-18)24(21)26-23/h6,8,11,13-16,26H,7,9-10,12H2,1-5H3. The molecule has 1 heteroatoms. The maximum absolute atomic E-state index is 3.73. The van der Waals surface area contributed by atoms with E-state index in [1.165, 1.54) is 44.4 Å². The topological polar surface area (TPSA) is 15.8 Å². The minimum Gasteiger partial charge on any atom is -0.358 e. The van der Waals surface area contributed by atoms with E-state index in [2.05, 4.69) is 76.0 Å². The lowest BCUT2D eigenvalue weighted by Crippen LogP contribution is -2.15. The molecule has 2 aromatic carbocycles. The lowest BCUT2D eigenvalue weighted by molar-refractivity contribution is 0.580. The fraction of sp³-hybridized carbons (Fsp3) is 0.440. The molecule has 0 saturated carbocycles. The maximum atomic E-state index is 3.73. The second kappa shape index (κ2) is 6.30. The van der Waals surface area contributed by atoms with Crippen LogP contribution in [0.15, 0.2) is 36.4 Å². The van der Waals surface area contributed by atoms with Crippen molar-refractivity contribution < 1.29 is 0 Å². The molecule has 0 amide bonds. The number of hydrogen-bond donors (Lipinski definition) is 1. The minimum atomic E-state index is 0.201. The Labute approximate surface area is 157 Å². The highest BCUT2D eigenvalue weighted by Gasteiger charge is 2.20. The Balaban J connectivity index is 1.85. The summed E-state index contributed by atoms with van der Waals surface area (Å²) in [5.74, 6) is 0.537. The van der Waals surface area contributed by atoms with Crippen LogP contribution in [0.4, 0.5) is 0 Å². The summed E-state index contributed by atoms with van der Waals surface area (Å²) in [6.45, 7) is 11.6. The zero-order valence-corrected chi connectivity index (χ0v) is 16.9. The summed E-state index contributed by atoms with van der Waals surface area (Å²) in [4.78, 5) is 3.73. The average Bonchev–Trinajstić information content (AvgIpc) is 3.02. The molecule has 136 valence electrons. The molecule has 4 aliphatic carbocycles. The highest BCUT2D eigenvalue weighted by atomic mass is 14.7. The number of rotatable bonds is 1. The molecule has 26 heavy (non-hydrogen) atoms. The quantitative estimate of drug-likeness (QED) is 0.520. The third kappa shape index (κ3) is 3.09. The molecule has 0 radical (unpaired) electrons. The number of aromatic nitrogens is 1. The second-order valence-corrected chi connectivity index (χ2v) is 9.29. The summed E-state index contributed by atoms with van der Waals surface area (Å²) in [6, 6.07) is 14.3. The monoisotopic (exact) mass is 345 g/mol. The van der Waals surface area contributed by atoms with Crippen molar-refractivity contribution in [2.45, 2.75) is 71.6 Å². The van der Waals surface area contributed by atoms with Crippen LogP contribution >= 0.6 is 0 Å². The van der Waals surface area contributed by atoms with Crippen LogP contribution < -0.4 is 0 Å². The Hall–Kier alpha value is -2.02. The largest absolute Gasteiger partial charge is 0.358 e. The second-order valence-electron chi connectivity index (χ2n) is 9.29. The van der Waals surface area contributed by atoms with Gasteiger partial charge in [-0.1, -0.05) is 65.0 Å². The lowest BCUT2D eigenvalue weighted by Gasteiger charge is -2.25. The zero-order chi connectivity index (χ0) is 18.5. The third-order valence-corrected chi connectivity index (χ3v) is 5.94. The molecule has 0 unspecified atom stereocenters. The molecule has 0 atom stereocenters. The van der Waals surface area contributed by atoms with E-state index in [9.17, 15) is 0 Å². The van der Waals surface area contributed by atoms with Crippen LogP contribution in [-0.4, -0.2) is 4.98 Å². The first-order valence-corrected chi connectivity index (χ1v) is 10.1. The molecule has 0 fully saturated rings. The van der Waals surface area contributed by atoms with Gasteiger partial charge in [-0.2, -0.15) is 0 Å². The smallest absolute Gasteiger partial charge is 0.0491 e. The van der Waals surface area contributed by atoms with Crippen molar-refractivity contribution in [2.75, 3.05) is 0 Å². The highest BCUT2D eigenvalue weighted by Crippen LogP contribution is 2.32. The SMILES string of the molecule is CC(C)c1cc2c3ccc(c2[nH]1)CCc1ccc(c(C(C)(C)C)c1)CC3. The van der Waals surface area contributed by atoms with E-state index in [0.29, 0.717) is 5.92 Å². The Bertz CT molecular complexity index is 950. The minimum absolute atomic E-state index is 0.201. The van der Waals surface area contributed by atoms with Gasteiger partial charge in [0.05, 0.1) is 0 Å². The Morgan fingerprint density at radius 1 is 0.808 bits per heavy atom. The van der Waals surface area contributed by atoms with Gasteiger partial charge in [0.1, 0.15) is 0 Å². The molecule has 1 nitrogen and oxygen atoms in total. The molecule has 4 aliphatic rings. The fourth-order valence-corrected chi connectivity index (χ4v) is 4.34. The average molecular weight is 346 g/mol. The summed E-state index contributed by atoms with van der Waals surface area (Å²) < 4.78 is 0. The molecule has 1 aromatic heterocycles. The van der Waals surface area contributed by atoms with Gasteiger partial charge in [0.15, 0.2) is 0 Å². The normalized spacial score (nSPS) is 14.8. The van der Waals surface area contributed by atoms with Crippen molar-refractivity contribution in [3.8, 4) is 0 Å². The number of hydrogen-bond acceptors (Lipinski definition) is 0. The molecule has 1 N–H and O–H groups in total. The molecule has 0 aliphatic heterocycles. The van der Waals surface area contributed by atoms with E-state index in [1.54, 1.807) is 0 Å². The predicted octanol–water partition coefficient (Wildman–Crippen LogP) is 6.47. The van der Waals surface area contributed by atoms with Crippen molar-refractivity contribution in [3.63, 3.8) is 0 Å². The van der Waals surface area contributed by atoms with Crippen molar-refractivity contribution in [1.29, 1.82) is 0 Å². The first-order valence-electron chi connectivity index (χ1n) is 10.1. The summed E-state index contributed by atoms with van der Waals surface area (Å²) in [5, 5.41) is 1.44. The molecule has 1 heterocycles. The number of aryl methyl sites for hydroxylation is 4. The van der Waals surface area contributed by atoms with Gasteiger partial charge >= 0.3 is 0 Å². The van der Waals surface area contributed by atoms with Crippen LogP contribution in [-0.2, 0) is 31.1 Å². The van der Waals surface area contributed by atoms with Gasteiger partial charge in [0, 0.05) is 16.6 Å². The van der Waals surface area contributed by atoms with Gasteiger partial charge in [-0.15, -0.1) is 0 Å². The van der Waals surface area contributed by atoms with Crippen LogP contribution in [0.1, 0.15) is 74.0 Å². The van der Waals surface area contributed by atoms with E-state index in [1.807, 2.05) is 0 Å². The summed E-state index contributed by atoms with van der Waals surface area (Å²) in [6.07, 6.45) is 4.42. The molecule has 0 spiro atoms. The first-order chi connectivity index (χ1) is 12.3. The Morgan fingerprint density at radius 2 is 1.46 bits per heavy atom. The number of aromatic amines is 1. The van der Waals surface area contributed by atoms with E-state index in [-0.39, 0.29) is 5.41 Å². The van der Waals surface area contributed by atoms with Crippen molar-refractivity contribution in [2.24, 2.45) is 0 Å². The van der Waals surface area contributed by atoms with Crippen LogP contribution in [0.2, 0.25) is 0 Å². The summed E-state index contributed by atoms with van der Waals surface area (Å²) >= 11 is 0. The Kier molecular flexibility index (Phi) is 4.22. The van der Waals surface area contributed by atoms with E-state index in [4.69, 9.17) is 0 Å². The summed E-state index contributed by atoms with van der Waals surface area (Å²) in [7, 11) is 0. The van der Waals surface area contributed by atoms with Crippen molar-refractivity contribution in [3.05, 3.63) is 69.9 Å². The molecular formula is C25H31N. The molecule has 7 rings (SSSR count). The maximum Gasteiger partial charge on any atom is 0.0491 e. The predicted molar refractivity (Wildman–Crippen MR) is 112 cm³/mol. The van der Waals surface area contributed by atoms with Gasteiger partial charge in [-0.25, -0.2) is 0 Å². The first kappa shape index (κ1) is 17.4. The van der Waals surface area contributed by atoms with E-state index >= 15 is 0 Å². The van der Waals surface area contributed by atoms with Gasteiger partial charge in [0.2, 0.25) is 0 Å². The summed E-state index contributed by atoms with van der Waals surface area (Å²) in [5.41, 5.74) is 10.4. The third-order valence-electron chi connectivity index (χ3n) is 5.94. The van der Waals surface area contributed by atoms with Crippen LogP contribution in [0.5, 0.6) is 0 Å². The van der Waals surface area contributed by atoms with Crippen LogP contribution in [0, 0.1) is 0 Å². The molecular weight excluding hydrogens is 314 g/mol. The van der Waals surface area contributed by atoms with Gasteiger partial charge < -0.3 is 4.98 Å². The number of benzene rings is 2. The van der Waals surface area contributed by atoms with Crippen molar-refractivity contribution >= 4 is 10.9 Å². The number of H-pyrrole nitrogens is 1. The van der Waals surface area contributed by atoms with E-state index < -0.39 is 0 Å². The Morgan fingerprint density at radius 3 is 2.19 bits per heavy atom. The van der Waals surface area contributed by atoms with Gasteiger partial charge in [-0.3, -0.25) is 0 Å². The molecule has 3 aromatic rings. The number of nitrogens with one attached hydrogen (secondary N) is 1. The van der Waals surface area contributed by atoms with Crippen LogP contribution in [0.3, 0.4) is 0 Å². The molecule has 4 bridgehead atoms. The lowest BCUT2D eigenvalue weighted by atomic mass is 9.80. The highest BCUT2D eigenvalue weighted by molar-refractivity contribution is 5.87. The molecule has 0 saturated heterocycles. The van der Waals surface area contributed by atoms with Crippen molar-refractivity contribution in [1.82, 2.24) is 4.98 Å². The zero-order valence-electron chi connectivity index (χ0n) is 16.9.